The summed E-state index contributed by atoms with van der Waals surface area (Å²) in [6, 6.07) is 12.2. The van der Waals surface area contributed by atoms with E-state index < -0.39 is 27.5 Å². The molecule has 38 heavy (non-hydrogen) atoms. The Hall–Kier alpha value is -3.28. The predicted octanol–water partition coefficient (Wildman–Crippen LogP) is 3.95. The van der Waals surface area contributed by atoms with Crippen LogP contribution in [0.25, 0.3) is 0 Å². The van der Waals surface area contributed by atoms with Gasteiger partial charge in [0.05, 0.1) is 30.9 Å². The van der Waals surface area contributed by atoms with Crippen LogP contribution in [0, 0.1) is 12.3 Å². The second-order valence-electron chi connectivity index (χ2n) is 10.1. The molecule has 0 saturated heterocycles. The van der Waals surface area contributed by atoms with Gasteiger partial charge in [0.15, 0.2) is 0 Å². The van der Waals surface area contributed by atoms with Crippen molar-refractivity contribution in [3.05, 3.63) is 71.0 Å². The monoisotopic (exact) mass is 542 g/mol. The summed E-state index contributed by atoms with van der Waals surface area (Å²) in [6.07, 6.45) is 0.585. The second-order valence-corrected chi connectivity index (χ2v) is 12.0. The summed E-state index contributed by atoms with van der Waals surface area (Å²) in [5, 5.41) is 18.1. The fraction of sp³-hybridized carbons (Fsp3) is 0.444. The zero-order chi connectivity index (χ0) is 27.7. The van der Waals surface area contributed by atoms with Crippen molar-refractivity contribution < 1.29 is 27.8 Å². The zero-order valence-electron chi connectivity index (χ0n) is 22.3. The number of carbonyl (C=O) groups is 1. The number of fused-ring (bicyclic) bond motifs is 1. The Morgan fingerprint density at radius 3 is 2.68 bits per heavy atom. The molecule has 10 nitrogen and oxygen atoms in total. The maximum atomic E-state index is 13.6. The van der Waals surface area contributed by atoms with Crippen LogP contribution in [0.1, 0.15) is 56.2 Å². The number of sulfonamides is 1. The first-order chi connectivity index (χ1) is 17.9. The van der Waals surface area contributed by atoms with Gasteiger partial charge in [-0.15, -0.1) is 5.10 Å². The van der Waals surface area contributed by atoms with E-state index in [2.05, 4.69) is 10.3 Å². The van der Waals surface area contributed by atoms with Gasteiger partial charge >= 0.3 is 5.97 Å². The molecule has 1 aliphatic heterocycles. The number of rotatable bonds is 9. The topological polar surface area (TPSA) is 124 Å². The van der Waals surface area contributed by atoms with Crippen LogP contribution < -0.4 is 4.74 Å². The first-order valence-corrected chi connectivity index (χ1v) is 14.0. The van der Waals surface area contributed by atoms with E-state index in [0.29, 0.717) is 23.6 Å². The van der Waals surface area contributed by atoms with Gasteiger partial charge in [0.2, 0.25) is 10.0 Å². The average molecular weight is 543 g/mol. The summed E-state index contributed by atoms with van der Waals surface area (Å²) in [6.45, 7) is 9.92. The fourth-order valence-electron chi connectivity index (χ4n) is 4.46. The van der Waals surface area contributed by atoms with Crippen LogP contribution >= 0.6 is 0 Å². The molecule has 0 saturated carbocycles. The number of benzene rings is 2. The van der Waals surface area contributed by atoms with Gasteiger partial charge in [0.25, 0.3) is 0 Å². The summed E-state index contributed by atoms with van der Waals surface area (Å²) in [4.78, 5) is 12.4. The highest BCUT2D eigenvalue weighted by Crippen LogP contribution is 2.39. The number of nitrogens with zero attached hydrogens (tertiary/aromatic N) is 4. The molecule has 4 rings (SSSR count). The maximum absolute atomic E-state index is 13.6. The van der Waals surface area contributed by atoms with Crippen molar-refractivity contribution in [3.63, 3.8) is 0 Å². The Bertz CT molecular complexity index is 1420. The third kappa shape index (κ3) is 5.59. The normalized spacial score (nSPS) is 18.3. The molecule has 0 amide bonds. The van der Waals surface area contributed by atoms with Crippen LogP contribution in [-0.2, 0) is 39.3 Å². The molecule has 11 heteroatoms. The van der Waals surface area contributed by atoms with E-state index in [4.69, 9.17) is 9.47 Å². The molecule has 2 atom stereocenters. The second kappa shape index (κ2) is 10.8. The van der Waals surface area contributed by atoms with E-state index in [9.17, 15) is 18.3 Å². The molecule has 1 aromatic heterocycles. The number of carboxylic acids is 1. The number of aryl methyl sites for hydroxylation is 2. The lowest BCUT2D eigenvalue weighted by molar-refractivity contribution is -0.158. The van der Waals surface area contributed by atoms with Crippen LogP contribution in [0.15, 0.2) is 53.6 Å². The number of hydrogen-bond donors (Lipinski definition) is 1. The van der Waals surface area contributed by atoms with Crippen LogP contribution in [0.5, 0.6) is 5.75 Å². The smallest absolute Gasteiger partial charge is 0.312 e. The maximum Gasteiger partial charge on any atom is 0.312 e. The van der Waals surface area contributed by atoms with E-state index >= 15 is 0 Å². The van der Waals surface area contributed by atoms with Gasteiger partial charge in [-0.05, 0) is 63.4 Å². The van der Waals surface area contributed by atoms with Crippen molar-refractivity contribution in [1.29, 1.82) is 0 Å². The van der Waals surface area contributed by atoms with Gasteiger partial charge in [-0.25, -0.2) is 8.42 Å². The van der Waals surface area contributed by atoms with Gasteiger partial charge in [-0.2, -0.15) is 4.31 Å². The molecule has 2 aromatic carbocycles. The van der Waals surface area contributed by atoms with Crippen molar-refractivity contribution in [3.8, 4) is 5.75 Å². The summed E-state index contributed by atoms with van der Waals surface area (Å²) >= 11 is 0. The molecule has 0 bridgehead atoms. The number of aromatic nitrogens is 3. The highest BCUT2D eigenvalue weighted by atomic mass is 32.2. The van der Waals surface area contributed by atoms with Crippen LogP contribution in [0.3, 0.4) is 0 Å². The summed E-state index contributed by atoms with van der Waals surface area (Å²) in [5.41, 5.74) is 1.59. The van der Waals surface area contributed by atoms with Crippen LogP contribution in [0.4, 0.5) is 0 Å². The molecule has 1 aliphatic rings. The molecule has 204 valence electrons. The van der Waals surface area contributed by atoms with E-state index in [1.165, 1.54) is 4.31 Å². The molecular weight excluding hydrogens is 508 g/mol. The molecule has 1 unspecified atom stereocenters. The van der Waals surface area contributed by atoms with Crippen molar-refractivity contribution in [2.24, 2.45) is 5.41 Å². The molecular formula is C27H34N4O6S. The lowest BCUT2D eigenvalue weighted by Gasteiger charge is -2.31. The number of aliphatic carboxylic acids is 1. The first kappa shape index (κ1) is 27.7. The summed E-state index contributed by atoms with van der Waals surface area (Å²) in [5.74, 6) is -0.677. The largest absolute Gasteiger partial charge is 0.488 e. The lowest BCUT2D eigenvalue weighted by Crippen LogP contribution is -2.36. The molecule has 0 aliphatic carbocycles. The fourth-order valence-corrected chi connectivity index (χ4v) is 6.08. The number of ether oxygens (including phenoxy) is 2. The third-order valence-corrected chi connectivity index (χ3v) is 8.64. The van der Waals surface area contributed by atoms with Crippen molar-refractivity contribution in [1.82, 2.24) is 19.3 Å². The van der Waals surface area contributed by atoms with E-state index in [0.717, 1.165) is 11.1 Å². The number of carboxylic acid groups (broad SMARTS) is 1. The van der Waals surface area contributed by atoms with Crippen molar-refractivity contribution in [2.45, 2.75) is 71.4 Å². The number of hydrogen-bond acceptors (Lipinski definition) is 7. The minimum Gasteiger partial charge on any atom is -0.488 e. The highest BCUT2D eigenvalue weighted by molar-refractivity contribution is 7.89. The SMILES string of the molecule is CCn1cc(COC(c2ccc(C)c(CN3C[C@@H](C)Oc4ccccc4S3(=O)=O)c2)C(C)(C)C(=O)O)nn1. The van der Waals surface area contributed by atoms with Crippen LogP contribution in [0.2, 0.25) is 0 Å². The Morgan fingerprint density at radius 2 is 2.00 bits per heavy atom. The minimum absolute atomic E-state index is 0.0801. The quantitative estimate of drug-likeness (QED) is 0.431. The number of para-hydroxylation sites is 1. The Morgan fingerprint density at radius 1 is 1.26 bits per heavy atom. The Labute approximate surface area is 223 Å². The molecule has 1 N–H and O–H groups in total. The molecule has 3 aromatic rings. The van der Waals surface area contributed by atoms with Gasteiger partial charge in [0, 0.05) is 13.1 Å². The van der Waals surface area contributed by atoms with Gasteiger partial charge in [0.1, 0.15) is 22.4 Å². The summed E-state index contributed by atoms with van der Waals surface area (Å²) < 4.78 is 42.3. The molecule has 0 radical (unpaired) electrons. The molecule has 0 spiro atoms. The lowest BCUT2D eigenvalue weighted by atomic mass is 9.81. The molecule has 0 fully saturated rings. The van der Waals surface area contributed by atoms with Crippen molar-refractivity contribution in [2.75, 3.05) is 6.54 Å². The highest BCUT2D eigenvalue weighted by Gasteiger charge is 2.40. The van der Waals surface area contributed by atoms with Gasteiger partial charge < -0.3 is 14.6 Å². The van der Waals surface area contributed by atoms with Gasteiger partial charge in [-0.1, -0.05) is 35.5 Å². The first-order valence-electron chi connectivity index (χ1n) is 12.5. The molecule has 2 heterocycles. The minimum atomic E-state index is -3.82. The van der Waals surface area contributed by atoms with Crippen molar-refractivity contribution >= 4 is 16.0 Å². The Balaban J connectivity index is 1.67. The van der Waals surface area contributed by atoms with E-state index in [1.807, 2.05) is 39.0 Å². The third-order valence-electron chi connectivity index (χ3n) is 6.79. The van der Waals surface area contributed by atoms with E-state index in [-0.39, 0.29) is 30.7 Å². The predicted molar refractivity (Wildman–Crippen MR) is 140 cm³/mol. The van der Waals surface area contributed by atoms with Crippen LogP contribution in [-0.4, -0.2) is 51.4 Å². The summed E-state index contributed by atoms with van der Waals surface area (Å²) in [7, 11) is -3.82. The standard InChI is InChI=1S/C27H34N4O6S/c1-6-30-16-22(28-29-30)17-36-25(27(4,5)26(32)33)20-12-11-18(2)21(13-20)15-31-14-19(3)37-23-9-7-8-10-24(23)38(31,34)35/h7-13,16,19,25H,6,14-15,17H2,1-5H3,(H,32,33)/t19-,25?/m1/s1. The average Bonchev–Trinajstić information content (AvgIpc) is 3.30. The Kier molecular flexibility index (Phi) is 7.91. The van der Waals surface area contributed by atoms with E-state index in [1.54, 1.807) is 49.0 Å². The zero-order valence-corrected chi connectivity index (χ0v) is 23.1. The van der Waals surface area contributed by atoms with Gasteiger partial charge in [-0.3, -0.25) is 9.48 Å².